The highest BCUT2D eigenvalue weighted by molar-refractivity contribution is 6.30. The molecule has 118 valence electrons. The van der Waals surface area contributed by atoms with Crippen molar-refractivity contribution in [1.82, 2.24) is 5.32 Å². The van der Waals surface area contributed by atoms with Gasteiger partial charge in [0, 0.05) is 30.8 Å². The van der Waals surface area contributed by atoms with Crippen molar-refractivity contribution in [2.75, 3.05) is 25.6 Å². The number of hydrogen-bond acceptors (Lipinski definition) is 3. The molecule has 0 spiro atoms. The molecule has 0 aromatic heterocycles. The van der Waals surface area contributed by atoms with Gasteiger partial charge < -0.3 is 15.3 Å². The van der Waals surface area contributed by atoms with E-state index in [9.17, 15) is 5.11 Å². The van der Waals surface area contributed by atoms with Gasteiger partial charge >= 0.3 is 0 Å². The lowest BCUT2D eigenvalue weighted by atomic mass is 10.0. The summed E-state index contributed by atoms with van der Waals surface area (Å²) in [6.07, 6.45) is 0. The first-order valence-electron chi connectivity index (χ1n) is 7.41. The van der Waals surface area contributed by atoms with Gasteiger partial charge in [0.25, 0.3) is 0 Å². The number of benzene rings is 2. The molecule has 0 aliphatic carbocycles. The van der Waals surface area contributed by atoms with Gasteiger partial charge in [0.2, 0.25) is 0 Å². The second-order valence-corrected chi connectivity index (χ2v) is 6.06. The molecular formula is C18H23ClN2O. The van der Waals surface area contributed by atoms with Crippen molar-refractivity contribution in [2.45, 2.75) is 19.0 Å². The summed E-state index contributed by atoms with van der Waals surface area (Å²) in [5.74, 6) is 0. The third-order valence-corrected chi connectivity index (χ3v) is 4.04. The summed E-state index contributed by atoms with van der Waals surface area (Å²) in [6, 6.07) is 15.9. The summed E-state index contributed by atoms with van der Waals surface area (Å²) in [6.45, 7) is 2.15. The van der Waals surface area contributed by atoms with Crippen molar-refractivity contribution in [2.24, 2.45) is 0 Å². The van der Waals surface area contributed by atoms with Crippen molar-refractivity contribution >= 4 is 17.3 Å². The average Bonchev–Trinajstić information content (AvgIpc) is 2.53. The predicted molar refractivity (Wildman–Crippen MR) is 93.6 cm³/mol. The van der Waals surface area contributed by atoms with Crippen LogP contribution < -0.4 is 10.2 Å². The number of anilines is 1. The van der Waals surface area contributed by atoms with Crippen LogP contribution in [0.15, 0.2) is 48.5 Å². The first-order valence-corrected chi connectivity index (χ1v) is 7.79. The fourth-order valence-electron chi connectivity index (χ4n) is 2.60. The largest absolute Gasteiger partial charge is 0.394 e. The van der Waals surface area contributed by atoms with Crippen molar-refractivity contribution in [1.29, 1.82) is 0 Å². The maximum atomic E-state index is 9.72. The van der Waals surface area contributed by atoms with E-state index in [4.69, 9.17) is 11.6 Å². The van der Waals surface area contributed by atoms with E-state index < -0.39 is 0 Å². The van der Waals surface area contributed by atoms with E-state index in [2.05, 4.69) is 29.3 Å². The lowest BCUT2D eigenvalue weighted by molar-refractivity contribution is 0.235. The van der Waals surface area contributed by atoms with Crippen LogP contribution in [0.1, 0.15) is 30.1 Å². The Hall–Kier alpha value is -1.55. The van der Waals surface area contributed by atoms with E-state index in [1.807, 2.05) is 50.5 Å². The molecule has 0 saturated carbocycles. The minimum Gasteiger partial charge on any atom is -0.394 e. The number of aliphatic hydroxyl groups excluding tert-OH is 1. The Morgan fingerprint density at radius 3 is 2.32 bits per heavy atom. The second-order valence-electron chi connectivity index (χ2n) is 5.63. The first-order chi connectivity index (χ1) is 10.5. The molecule has 22 heavy (non-hydrogen) atoms. The number of nitrogens with one attached hydrogen (secondary N) is 1. The minimum atomic E-state index is -0.123. The van der Waals surface area contributed by atoms with Crippen LogP contribution in [0, 0.1) is 0 Å². The molecule has 4 heteroatoms. The molecule has 2 aromatic carbocycles. The molecular weight excluding hydrogens is 296 g/mol. The van der Waals surface area contributed by atoms with E-state index in [0.717, 1.165) is 5.56 Å². The molecule has 3 nitrogen and oxygen atoms in total. The van der Waals surface area contributed by atoms with Gasteiger partial charge in [0.1, 0.15) is 0 Å². The smallest absolute Gasteiger partial charge is 0.0626 e. The van der Waals surface area contributed by atoms with Gasteiger partial charge in [0.15, 0.2) is 0 Å². The molecule has 2 N–H and O–H groups in total. The van der Waals surface area contributed by atoms with E-state index in [-0.39, 0.29) is 18.7 Å². The summed E-state index contributed by atoms with van der Waals surface area (Å²) in [7, 11) is 4.07. The van der Waals surface area contributed by atoms with Crippen molar-refractivity contribution in [3.8, 4) is 0 Å². The summed E-state index contributed by atoms with van der Waals surface area (Å²) < 4.78 is 0. The predicted octanol–water partition coefficient (Wildman–Crippen LogP) is 3.79. The molecule has 0 radical (unpaired) electrons. The summed E-state index contributed by atoms with van der Waals surface area (Å²) in [4.78, 5) is 2.10. The maximum absolute atomic E-state index is 9.72. The lowest BCUT2D eigenvalue weighted by Crippen LogP contribution is -2.28. The average molecular weight is 319 g/mol. The Morgan fingerprint density at radius 1 is 1.09 bits per heavy atom. The fourth-order valence-corrected chi connectivity index (χ4v) is 2.73. The van der Waals surface area contributed by atoms with E-state index in [1.54, 1.807) is 0 Å². The monoisotopic (exact) mass is 318 g/mol. The highest BCUT2D eigenvalue weighted by atomic mass is 35.5. The van der Waals surface area contributed by atoms with Gasteiger partial charge in [-0.15, -0.1) is 0 Å². The topological polar surface area (TPSA) is 35.5 Å². The zero-order chi connectivity index (χ0) is 16.1. The van der Waals surface area contributed by atoms with Crippen molar-refractivity contribution < 1.29 is 5.11 Å². The SMILES string of the molecule is CC(NC(CO)c1ccc(Cl)cc1)c1ccccc1N(C)C. The number of nitrogens with zero attached hydrogens (tertiary/aromatic N) is 1. The molecule has 2 unspecified atom stereocenters. The number of halogens is 1. The van der Waals surface area contributed by atoms with Crippen LogP contribution in [-0.2, 0) is 0 Å². The Morgan fingerprint density at radius 2 is 1.73 bits per heavy atom. The van der Waals surface area contributed by atoms with Crippen LogP contribution in [0.5, 0.6) is 0 Å². The number of rotatable bonds is 6. The lowest BCUT2D eigenvalue weighted by Gasteiger charge is -2.26. The zero-order valence-electron chi connectivity index (χ0n) is 13.3. The molecule has 0 aliphatic rings. The van der Waals surface area contributed by atoms with Crippen LogP contribution in [-0.4, -0.2) is 25.8 Å². The van der Waals surface area contributed by atoms with Crippen molar-refractivity contribution in [3.63, 3.8) is 0 Å². The Balaban J connectivity index is 2.19. The molecule has 2 aromatic rings. The molecule has 0 heterocycles. The summed E-state index contributed by atoms with van der Waals surface area (Å²) in [5.41, 5.74) is 3.41. The normalized spacial score (nSPS) is 13.7. The molecule has 2 atom stereocenters. The number of aliphatic hydroxyl groups is 1. The quantitative estimate of drug-likeness (QED) is 0.850. The number of para-hydroxylation sites is 1. The first kappa shape index (κ1) is 16.8. The van der Waals surface area contributed by atoms with E-state index >= 15 is 0 Å². The van der Waals surface area contributed by atoms with Crippen LogP contribution in [0.2, 0.25) is 5.02 Å². The minimum absolute atomic E-state index is 0.0378. The van der Waals surface area contributed by atoms with Gasteiger partial charge in [-0.2, -0.15) is 0 Å². The molecule has 0 bridgehead atoms. The summed E-state index contributed by atoms with van der Waals surface area (Å²) in [5, 5.41) is 13.9. The Bertz CT molecular complexity index is 598. The molecule has 2 rings (SSSR count). The third-order valence-electron chi connectivity index (χ3n) is 3.79. The highest BCUT2D eigenvalue weighted by Gasteiger charge is 2.17. The van der Waals surface area contributed by atoms with Gasteiger partial charge in [-0.3, -0.25) is 0 Å². The highest BCUT2D eigenvalue weighted by Crippen LogP contribution is 2.27. The Labute approximate surface area is 137 Å². The standard InChI is InChI=1S/C18H23ClN2O/c1-13(16-6-4-5-7-18(16)21(2)3)20-17(12-22)14-8-10-15(19)11-9-14/h4-11,13,17,20,22H,12H2,1-3H3. The van der Waals surface area contributed by atoms with Crippen molar-refractivity contribution in [3.05, 3.63) is 64.7 Å². The van der Waals surface area contributed by atoms with Crippen LogP contribution in [0.4, 0.5) is 5.69 Å². The van der Waals surface area contributed by atoms with E-state index in [0.29, 0.717) is 5.02 Å². The Kier molecular flexibility index (Phi) is 5.83. The van der Waals surface area contributed by atoms with Crippen LogP contribution >= 0.6 is 11.6 Å². The van der Waals surface area contributed by atoms with E-state index in [1.165, 1.54) is 11.3 Å². The molecule has 0 saturated heterocycles. The third kappa shape index (κ3) is 4.01. The summed E-state index contributed by atoms with van der Waals surface area (Å²) >= 11 is 5.93. The van der Waals surface area contributed by atoms with Crippen LogP contribution in [0.3, 0.4) is 0 Å². The number of hydrogen-bond donors (Lipinski definition) is 2. The van der Waals surface area contributed by atoms with Gasteiger partial charge in [-0.25, -0.2) is 0 Å². The van der Waals surface area contributed by atoms with Gasteiger partial charge in [-0.05, 0) is 36.2 Å². The zero-order valence-corrected chi connectivity index (χ0v) is 14.0. The molecule has 0 fully saturated rings. The molecule has 0 aliphatic heterocycles. The molecule has 0 amide bonds. The van der Waals surface area contributed by atoms with Gasteiger partial charge in [-0.1, -0.05) is 41.9 Å². The van der Waals surface area contributed by atoms with Crippen LogP contribution in [0.25, 0.3) is 0 Å². The fraction of sp³-hybridized carbons (Fsp3) is 0.333. The van der Waals surface area contributed by atoms with Gasteiger partial charge in [0.05, 0.1) is 12.6 Å². The maximum Gasteiger partial charge on any atom is 0.0626 e. The second kappa shape index (κ2) is 7.63.